The van der Waals surface area contributed by atoms with Gasteiger partial charge in [-0.15, -0.1) is 0 Å². The summed E-state index contributed by atoms with van der Waals surface area (Å²) in [7, 11) is -2.42. The zero-order valence-electron chi connectivity index (χ0n) is 15.9. The Labute approximate surface area is 191 Å². The van der Waals surface area contributed by atoms with E-state index < -0.39 is 15.9 Å². The summed E-state index contributed by atoms with van der Waals surface area (Å²) in [5.74, 6) is -0.447. The molecule has 0 unspecified atom stereocenters. The molecule has 0 aromatic rings. The summed E-state index contributed by atoms with van der Waals surface area (Å²) in [5, 5.41) is 0. The van der Waals surface area contributed by atoms with Crippen LogP contribution in [0.2, 0.25) is 0 Å². The summed E-state index contributed by atoms with van der Waals surface area (Å²) in [4.78, 5) is 13.1. The fourth-order valence-electron chi connectivity index (χ4n) is 2.51. The van der Waals surface area contributed by atoms with Crippen LogP contribution in [0.4, 0.5) is 0 Å². The van der Waals surface area contributed by atoms with Gasteiger partial charge in [0, 0.05) is 71.4 Å². The van der Waals surface area contributed by atoms with E-state index in [4.69, 9.17) is 4.55 Å². The molecule has 0 aromatic carbocycles. The summed E-state index contributed by atoms with van der Waals surface area (Å²) in [6.07, 6.45) is 14.1. The van der Waals surface area contributed by atoms with Gasteiger partial charge in [-0.25, -0.2) is 0 Å². The van der Waals surface area contributed by atoms with Gasteiger partial charge in [0.15, 0.2) is 0 Å². The average Bonchev–Trinajstić information content (AvgIpc) is 2.49. The van der Waals surface area contributed by atoms with Gasteiger partial charge in [-0.3, -0.25) is 9.35 Å². The molecule has 0 aromatic heterocycles. The van der Waals surface area contributed by atoms with Crippen molar-refractivity contribution in [3.05, 3.63) is 0 Å². The van der Waals surface area contributed by atoms with Crippen LogP contribution in [0.15, 0.2) is 0 Å². The van der Waals surface area contributed by atoms with Crippen molar-refractivity contribution >= 4 is 67.4 Å². The van der Waals surface area contributed by atoms with Crippen molar-refractivity contribution in [3.8, 4) is 0 Å². The van der Waals surface area contributed by atoms with Crippen LogP contribution < -0.4 is 0 Å². The molecule has 1 radical (unpaired) electrons. The van der Waals surface area contributed by atoms with Gasteiger partial charge in [-0.1, -0.05) is 71.1 Å². The first-order chi connectivity index (χ1) is 10.9. The predicted octanol–water partition coefficient (Wildman–Crippen LogP) is 3.65. The van der Waals surface area contributed by atoms with E-state index in [1.807, 2.05) is 0 Å². The Morgan fingerprint density at radius 1 is 0.875 bits per heavy atom. The van der Waals surface area contributed by atoms with Gasteiger partial charge >= 0.3 is 0 Å². The van der Waals surface area contributed by atoms with Crippen LogP contribution >= 0.6 is 0 Å². The second kappa shape index (κ2) is 17.4. The predicted molar refractivity (Wildman–Crippen MR) is 101 cm³/mol. The number of rotatable bonds is 15. The van der Waals surface area contributed by atoms with E-state index in [1.165, 1.54) is 56.3 Å². The average molecular weight is 389 g/mol. The molecule has 0 atom stereocenters. The maximum absolute atomic E-state index is 11.8. The molecule has 24 heavy (non-hydrogen) atoms. The molecule has 0 aliphatic rings. The summed E-state index contributed by atoms with van der Waals surface area (Å²) >= 11 is 0. The van der Waals surface area contributed by atoms with Crippen LogP contribution in [0, 0.1) is 0 Å². The van der Waals surface area contributed by atoms with Crippen molar-refractivity contribution in [2.45, 2.75) is 84.0 Å². The van der Waals surface area contributed by atoms with Crippen molar-refractivity contribution < 1.29 is 17.8 Å². The maximum Gasteiger partial charge on any atom is 0.266 e. The molecular formula is C17H35KNO4S. The molecule has 1 N–H and O–H groups in total. The van der Waals surface area contributed by atoms with Gasteiger partial charge < -0.3 is 4.90 Å². The maximum atomic E-state index is 11.8. The fourth-order valence-corrected chi connectivity index (χ4v) is 3.01. The summed E-state index contributed by atoms with van der Waals surface area (Å²) < 4.78 is 29.9. The topological polar surface area (TPSA) is 74.7 Å². The van der Waals surface area contributed by atoms with Gasteiger partial charge in [-0.05, 0) is 6.42 Å². The zero-order chi connectivity index (χ0) is 17.6. The molecule has 0 spiro atoms. The molecule has 0 fully saturated rings. The van der Waals surface area contributed by atoms with Crippen LogP contribution in [0.25, 0.3) is 0 Å². The van der Waals surface area contributed by atoms with Gasteiger partial charge in [0.2, 0.25) is 5.91 Å². The number of carbonyl (C=O) groups is 1. The molecule has 1 amide bonds. The Hall–Kier alpha value is 1.02. The Morgan fingerprint density at radius 3 is 1.71 bits per heavy atom. The van der Waals surface area contributed by atoms with Crippen molar-refractivity contribution in [1.82, 2.24) is 4.90 Å². The molecule has 0 bridgehead atoms. The van der Waals surface area contributed by atoms with Crippen molar-refractivity contribution in [1.29, 1.82) is 0 Å². The van der Waals surface area contributed by atoms with E-state index in [9.17, 15) is 13.2 Å². The Morgan fingerprint density at radius 2 is 1.29 bits per heavy atom. The first-order valence-corrected chi connectivity index (χ1v) is 10.7. The second-order valence-corrected chi connectivity index (χ2v) is 7.96. The van der Waals surface area contributed by atoms with Crippen LogP contribution in [0.3, 0.4) is 0 Å². The Kier molecular flexibility index (Phi) is 19.8. The normalized spacial score (nSPS) is 11.1. The first kappa shape index (κ1) is 27.2. The minimum atomic E-state index is -3.99. The van der Waals surface area contributed by atoms with Crippen LogP contribution in [-0.2, 0) is 14.9 Å². The van der Waals surface area contributed by atoms with E-state index >= 15 is 0 Å². The molecule has 0 aliphatic carbocycles. The van der Waals surface area contributed by atoms with Crippen molar-refractivity contribution in [2.24, 2.45) is 0 Å². The largest absolute Gasteiger partial charge is 0.345 e. The van der Waals surface area contributed by atoms with Crippen molar-refractivity contribution in [3.63, 3.8) is 0 Å². The number of amides is 1. The quantitative estimate of drug-likeness (QED) is 0.264. The molecule has 0 aliphatic heterocycles. The fraction of sp³-hybridized carbons (Fsp3) is 0.941. The first-order valence-electron chi connectivity index (χ1n) is 9.06. The molecule has 0 heterocycles. The monoisotopic (exact) mass is 388 g/mol. The van der Waals surface area contributed by atoms with Gasteiger partial charge in [0.05, 0.1) is 5.75 Å². The number of unbranched alkanes of at least 4 members (excludes halogenated alkanes) is 10. The molecular weight excluding hydrogens is 353 g/mol. The van der Waals surface area contributed by atoms with Crippen LogP contribution in [0.1, 0.15) is 84.0 Å². The summed E-state index contributed by atoms with van der Waals surface area (Å²) in [6.45, 7) is 2.28. The Balaban J connectivity index is 0. The van der Waals surface area contributed by atoms with E-state index in [1.54, 1.807) is 7.05 Å². The number of hydrogen-bond donors (Lipinski definition) is 1. The molecule has 5 nitrogen and oxygen atoms in total. The number of carbonyl (C=O) groups excluding carboxylic acids is 1. The molecule has 0 saturated carbocycles. The second-order valence-electron chi connectivity index (χ2n) is 6.39. The third-order valence-corrected chi connectivity index (χ3v) is 4.80. The zero-order valence-corrected chi connectivity index (χ0v) is 19.9. The standard InChI is InChI=1S/C17H35NO4S.K/c1-3-4-5-6-7-8-9-10-11-12-13-14-17(19)18(2)15-16-23(20,21)22;/h3-16H2,1-2H3,(H,20,21,22);. The van der Waals surface area contributed by atoms with E-state index in [-0.39, 0.29) is 63.8 Å². The SMILES string of the molecule is CCCCCCCCCCCCCC(=O)N(C)CCS(=O)(=O)O.[K]. The summed E-state index contributed by atoms with van der Waals surface area (Å²) in [6, 6.07) is 0. The number of hydrogen-bond acceptors (Lipinski definition) is 3. The minimum Gasteiger partial charge on any atom is -0.345 e. The van der Waals surface area contributed by atoms with Crippen LogP contribution in [-0.4, -0.2) is 94.5 Å². The molecule has 0 saturated heterocycles. The van der Waals surface area contributed by atoms with Gasteiger partial charge in [0.25, 0.3) is 10.1 Å². The number of nitrogens with zero attached hydrogens (tertiary/aromatic N) is 1. The van der Waals surface area contributed by atoms with Gasteiger partial charge in [0.1, 0.15) is 0 Å². The van der Waals surface area contributed by atoms with Crippen molar-refractivity contribution in [2.75, 3.05) is 19.3 Å². The Bertz CT molecular complexity index is 401. The van der Waals surface area contributed by atoms with Crippen LogP contribution in [0.5, 0.6) is 0 Å². The molecule has 139 valence electrons. The molecule has 0 rings (SSSR count). The molecule has 7 heteroatoms. The summed E-state index contributed by atoms with van der Waals surface area (Å²) in [5.41, 5.74) is 0. The van der Waals surface area contributed by atoms with Gasteiger partial charge in [-0.2, -0.15) is 8.42 Å². The third-order valence-electron chi connectivity index (χ3n) is 4.10. The third kappa shape index (κ3) is 19.3. The van der Waals surface area contributed by atoms with E-state index in [0.717, 1.165) is 19.3 Å². The minimum absolute atomic E-state index is 0. The van der Waals surface area contributed by atoms with E-state index in [2.05, 4.69) is 6.92 Å². The van der Waals surface area contributed by atoms with E-state index in [0.29, 0.717) is 6.42 Å². The smallest absolute Gasteiger partial charge is 0.266 e.